The molecule has 0 amide bonds. The molecular formula is C14H12ClF3N2S. The molecule has 21 heavy (non-hydrogen) atoms. The van der Waals surface area contributed by atoms with Crippen LogP contribution in [0.2, 0.25) is 5.02 Å². The third-order valence-electron chi connectivity index (χ3n) is 2.68. The number of pyridine rings is 1. The van der Waals surface area contributed by atoms with Crippen LogP contribution < -0.4 is 5.32 Å². The summed E-state index contributed by atoms with van der Waals surface area (Å²) in [5.74, 6) is 0. The number of benzene rings is 1. The Morgan fingerprint density at radius 2 is 2.00 bits per heavy atom. The van der Waals surface area contributed by atoms with Gasteiger partial charge in [-0.1, -0.05) is 29.4 Å². The summed E-state index contributed by atoms with van der Waals surface area (Å²) in [5, 5.41) is 4.10. The SMILES string of the molecule is CNCc1ccc(Sc2ccc(C(F)(F)F)cn2)cc1Cl. The largest absolute Gasteiger partial charge is 0.417 e. The Morgan fingerprint density at radius 3 is 2.52 bits per heavy atom. The molecule has 0 saturated carbocycles. The molecular weight excluding hydrogens is 321 g/mol. The van der Waals surface area contributed by atoms with Gasteiger partial charge in [0.1, 0.15) is 5.03 Å². The second kappa shape index (κ2) is 6.68. The Bertz CT molecular complexity index is 615. The molecule has 7 heteroatoms. The van der Waals surface area contributed by atoms with Gasteiger partial charge in [-0.2, -0.15) is 13.2 Å². The molecule has 0 atom stereocenters. The minimum atomic E-state index is -4.37. The van der Waals surface area contributed by atoms with E-state index in [4.69, 9.17) is 11.6 Å². The number of hydrogen-bond donors (Lipinski definition) is 1. The minimum Gasteiger partial charge on any atom is -0.316 e. The lowest BCUT2D eigenvalue weighted by molar-refractivity contribution is -0.137. The summed E-state index contributed by atoms with van der Waals surface area (Å²) in [6.45, 7) is 0.655. The van der Waals surface area contributed by atoms with E-state index >= 15 is 0 Å². The van der Waals surface area contributed by atoms with Crippen molar-refractivity contribution in [2.24, 2.45) is 0 Å². The molecule has 0 saturated heterocycles. The number of nitrogens with one attached hydrogen (secondary N) is 1. The first-order valence-corrected chi connectivity index (χ1v) is 7.23. The normalized spacial score (nSPS) is 11.7. The van der Waals surface area contributed by atoms with Gasteiger partial charge in [0, 0.05) is 22.7 Å². The van der Waals surface area contributed by atoms with Crippen LogP contribution in [-0.2, 0) is 12.7 Å². The predicted molar refractivity (Wildman–Crippen MR) is 77.6 cm³/mol. The van der Waals surface area contributed by atoms with Gasteiger partial charge in [-0.25, -0.2) is 4.98 Å². The van der Waals surface area contributed by atoms with Crippen LogP contribution in [0, 0.1) is 0 Å². The van der Waals surface area contributed by atoms with Crippen molar-refractivity contribution < 1.29 is 13.2 Å². The molecule has 2 aromatic rings. The Labute approximate surface area is 129 Å². The molecule has 112 valence electrons. The molecule has 0 fully saturated rings. The number of aromatic nitrogens is 1. The number of hydrogen-bond acceptors (Lipinski definition) is 3. The second-order valence-corrected chi connectivity index (χ2v) is 5.77. The van der Waals surface area contributed by atoms with E-state index < -0.39 is 11.7 Å². The van der Waals surface area contributed by atoms with Crippen LogP contribution in [0.25, 0.3) is 0 Å². The molecule has 2 nitrogen and oxygen atoms in total. The lowest BCUT2D eigenvalue weighted by Gasteiger charge is -2.08. The zero-order valence-electron chi connectivity index (χ0n) is 11.0. The van der Waals surface area contributed by atoms with E-state index in [1.807, 2.05) is 19.2 Å². The number of rotatable bonds is 4. The van der Waals surface area contributed by atoms with Crippen molar-refractivity contribution in [2.75, 3.05) is 7.05 Å². The maximum absolute atomic E-state index is 12.4. The Hall–Kier alpha value is -1.24. The van der Waals surface area contributed by atoms with Gasteiger partial charge < -0.3 is 5.32 Å². The summed E-state index contributed by atoms with van der Waals surface area (Å²) >= 11 is 7.40. The zero-order valence-corrected chi connectivity index (χ0v) is 12.6. The molecule has 1 aromatic heterocycles. The van der Waals surface area contributed by atoms with Gasteiger partial charge in [-0.15, -0.1) is 0 Å². The first-order valence-electron chi connectivity index (χ1n) is 6.04. The highest BCUT2D eigenvalue weighted by Crippen LogP contribution is 2.32. The number of nitrogens with zero attached hydrogens (tertiary/aromatic N) is 1. The first kappa shape index (κ1) is 16.1. The van der Waals surface area contributed by atoms with E-state index in [1.54, 1.807) is 6.07 Å². The van der Waals surface area contributed by atoms with Crippen molar-refractivity contribution in [1.29, 1.82) is 0 Å². The van der Waals surface area contributed by atoms with E-state index in [2.05, 4.69) is 10.3 Å². The van der Waals surface area contributed by atoms with E-state index in [0.29, 0.717) is 16.6 Å². The molecule has 1 aromatic carbocycles. The van der Waals surface area contributed by atoms with Crippen LogP contribution >= 0.6 is 23.4 Å². The fourth-order valence-electron chi connectivity index (χ4n) is 1.65. The minimum absolute atomic E-state index is 0.487. The fraction of sp³-hybridized carbons (Fsp3) is 0.214. The topological polar surface area (TPSA) is 24.9 Å². The first-order chi connectivity index (χ1) is 9.90. The fourth-order valence-corrected chi connectivity index (χ4v) is 2.76. The predicted octanol–water partition coefficient (Wildman–Crippen LogP) is 4.62. The molecule has 2 rings (SSSR count). The molecule has 0 radical (unpaired) electrons. The van der Waals surface area contributed by atoms with Gasteiger partial charge in [0.2, 0.25) is 0 Å². The highest BCUT2D eigenvalue weighted by atomic mass is 35.5. The van der Waals surface area contributed by atoms with Crippen molar-refractivity contribution in [1.82, 2.24) is 10.3 Å². The number of halogens is 4. The van der Waals surface area contributed by atoms with Crippen molar-refractivity contribution in [3.05, 3.63) is 52.7 Å². The smallest absolute Gasteiger partial charge is 0.316 e. The molecule has 0 spiro atoms. The molecule has 1 N–H and O–H groups in total. The summed E-state index contributed by atoms with van der Waals surface area (Å²) in [5.41, 5.74) is 0.207. The molecule has 0 aliphatic carbocycles. The van der Waals surface area contributed by atoms with Crippen LogP contribution in [0.15, 0.2) is 46.5 Å². The van der Waals surface area contributed by atoms with Gasteiger partial charge in [0.15, 0.2) is 0 Å². The van der Waals surface area contributed by atoms with Crippen LogP contribution in [-0.4, -0.2) is 12.0 Å². The molecule has 0 bridgehead atoms. The van der Waals surface area contributed by atoms with E-state index in [-0.39, 0.29) is 0 Å². The zero-order chi connectivity index (χ0) is 15.5. The molecule has 0 aliphatic rings. The van der Waals surface area contributed by atoms with Crippen molar-refractivity contribution in [3.63, 3.8) is 0 Å². The maximum Gasteiger partial charge on any atom is 0.417 e. The summed E-state index contributed by atoms with van der Waals surface area (Å²) in [7, 11) is 1.82. The van der Waals surface area contributed by atoms with Gasteiger partial charge in [-0.05, 0) is 36.9 Å². The van der Waals surface area contributed by atoms with Gasteiger partial charge in [0.25, 0.3) is 0 Å². The van der Waals surface area contributed by atoms with Crippen molar-refractivity contribution in [3.8, 4) is 0 Å². The van der Waals surface area contributed by atoms with Crippen molar-refractivity contribution in [2.45, 2.75) is 22.6 Å². The van der Waals surface area contributed by atoms with Crippen LogP contribution in [0.1, 0.15) is 11.1 Å². The Balaban J connectivity index is 2.13. The van der Waals surface area contributed by atoms with Gasteiger partial charge in [-0.3, -0.25) is 0 Å². The maximum atomic E-state index is 12.4. The third-order valence-corrected chi connectivity index (χ3v) is 3.97. The average Bonchev–Trinajstić information content (AvgIpc) is 2.42. The molecule has 1 heterocycles. The van der Waals surface area contributed by atoms with Gasteiger partial charge >= 0.3 is 6.18 Å². The van der Waals surface area contributed by atoms with Crippen LogP contribution in [0.4, 0.5) is 13.2 Å². The summed E-state index contributed by atoms with van der Waals surface area (Å²) in [6.07, 6.45) is -3.53. The van der Waals surface area contributed by atoms with E-state index in [0.717, 1.165) is 22.7 Å². The van der Waals surface area contributed by atoms with Crippen molar-refractivity contribution >= 4 is 23.4 Å². The second-order valence-electron chi connectivity index (χ2n) is 4.27. The van der Waals surface area contributed by atoms with E-state index in [1.165, 1.54) is 17.8 Å². The summed E-state index contributed by atoms with van der Waals surface area (Å²) in [4.78, 5) is 4.64. The standard InChI is InChI=1S/C14H12ClF3N2S/c1-19-7-9-2-4-11(6-12(9)15)21-13-5-3-10(8-20-13)14(16,17)18/h2-6,8,19H,7H2,1H3. The Morgan fingerprint density at radius 1 is 1.24 bits per heavy atom. The quantitative estimate of drug-likeness (QED) is 0.884. The third kappa shape index (κ3) is 4.36. The molecule has 0 aliphatic heterocycles. The summed E-state index contributed by atoms with van der Waals surface area (Å²) < 4.78 is 37.3. The number of alkyl halides is 3. The average molecular weight is 333 g/mol. The highest BCUT2D eigenvalue weighted by molar-refractivity contribution is 7.99. The van der Waals surface area contributed by atoms with E-state index in [9.17, 15) is 13.2 Å². The van der Waals surface area contributed by atoms with Gasteiger partial charge in [0.05, 0.1) is 5.56 Å². The summed E-state index contributed by atoms with van der Waals surface area (Å²) in [6, 6.07) is 7.89. The monoisotopic (exact) mass is 332 g/mol. The molecule has 0 unspecified atom stereocenters. The Kier molecular flexibility index (Phi) is 5.13. The van der Waals surface area contributed by atoms with Crippen LogP contribution in [0.5, 0.6) is 0 Å². The lowest BCUT2D eigenvalue weighted by atomic mass is 10.2. The van der Waals surface area contributed by atoms with Crippen LogP contribution in [0.3, 0.4) is 0 Å². The highest BCUT2D eigenvalue weighted by Gasteiger charge is 2.30. The lowest BCUT2D eigenvalue weighted by Crippen LogP contribution is -2.05.